The lowest BCUT2D eigenvalue weighted by molar-refractivity contribution is -0.143. The van der Waals surface area contributed by atoms with Gasteiger partial charge in [-0.3, -0.25) is 4.79 Å². The largest absolute Gasteiger partial charge is 0.461 e. The monoisotopic (exact) mass is 238 g/mol. The van der Waals surface area contributed by atoms with Gasteiger partial charge in [0.25, 0.3) is 0 Å². The van der Waals surface area contributed by atoms with Gasteiger partial charge in [-0.1, -0.05) is 12.8 Å². The van der Waals surface area contributed by atoms with Crippen molar-refractivity contribution < 1.29 is 14.3 Å². The molecular formula is C12H18N2O3. The maximum Gasteiger partial charge on any atom is 0.323 e. The first-order valence-electron chi connectivity index (χ1n) is 6.50. The van der Waals surface area contributed by atoms with Crippen molar-refractivity contribution in [1.29, 1.82) is 0 Å². The fraction of sp³-hybridized carbons (Fsp3) is 0.917. The normalized spacial score (nSPS) is 60.0. The number of fused-ring (bicyclic) bond motifs is 2. The molecule has 2 saturated carbocycles. The van der Waals surface area contributed by atoms with Gasteiger partial charge in [-0.25, -0.2) is 0 Å². The standard InChI is InChI=1S/C12H18N2O3/c13-8-7-6(16-10(8)15)5-11(14)3-1-2-4-12(11)9(7)17-12/h6-9H,1-5,13-14H2. The maximum absolute atomic E-state index is 11.6. The van der Waals surface area contributed by atoms with Gasteiger partial charge in [0.15, 0.2) is 0 Å². The van der Waals surface area contributed by atoms with Gasteiger partial charge in [0.05, 0.1) is 17.6 Å². The summed E-state index contributed by atoms with van der Waals surface area (Å²) in [6.07, 6.45) is 4.93. The van der Waals surface area contributed by atoms with Gasteiger partial charge in [0.1, 0.15) is 17.7 Å². The smallest absolute Gasteiger partial charge is 0.323 e. The van der Waals surface area contributed by atoms with E-state index in [1.165, 1.54) is 0 Å². The van der Waals surface area contributed by atoms with Crippen molar-refractivity contribution in [2.45, 2.75) is 61.5 Å². The molecule has 4 aliphatic rings. The molecule has 0 aromatic rings. The number of carbonyl (C=O) groups is 1. The average Bonchev–Trinajstić information content (AvgIpc) is 2.93. The summed E-state index contributed by atoms with van der Waals surface area (Å²) in [5.41, 5.74) is 11.9. The predicted molar refractivity (Wildman–Crippen MR) is 59.0 cm³/mol. The minimum Gasteiger partial charge on any atom is -0.461 e. The molecule has 6 atom stereocenters. The summed E-state index contributed by atoms with van der Waals surface area (Å²) in [5.74, 6) is -0.259. The number of esters is 1. The third-order valence-corrected chi connectivity index (χ3v) is 5.30. The molecule has 2 aliphatic carbocycles. The Kier molecular flexibility index (Phi) is 1.72. The van der Waals surface area contributed by atoms with Gasteiger partial charge in [-0.2, -0.15) is 0 Å². The van der Waals surface area contributed by atoms with Crippen LogP contribution in [0.2, 0.25) is 0 Å². The first-order valence-corrected chi connectivity index (χ1v) is 6.50. The van der Waals surface area contributed by atoms with Crippen LogP contribution in [-0.2, 0) is 14.3 Å². The zero-order chi connectivity index (χ0) is 11.8. The van der Waals surface area contributed by atoms with Gasteiger partial charge in [-0.15, -0.1) is 0 Å². The molecule has 1 spiro atoms. The van der Waals surface area contributed by atoms with Gasteiger partial charge in [0, 0.05) is 6.42 Å². The minimum absolute atomic E-state index is 0.0253. The topological polar surface area (TPSA) is 90.9 Å². The number of rotatable bonds is 0. The van der Waals surface area contributed by atoms with Crippen LogP contribution in [0, 0.1) is 5.92 Å². The lowest BCUT2D eigenvalue weighted by Crippen LogP contribution is -2.63. The Labute approximate surface area is 99.8 Å². The number of hydrogen-bond acceptors (Lipinski definition) is 5. The Morgan fingerprint density at radius 3 is 2.88 bits per heavy atom. The number of ether oxygens (including phenoxy) is 2. The zero-order valence-electron chi connectivity index (χ0n) is 9.72. The molecule has 0 bridgehead atoms. The summed E-state index contributed by atoms with van der Waals surface area (Å²) in [6, 6.07) is -0.518. The molecule has 5 nitrogen and oxygen atoms in total. The van der Waals surface area contributed by atoms with E-state index in [2.05, 4.69) is 0 Å². The Bertz CT molecular complexity index is 401. The maximum atomic E-state index is 11.6. The molecule has 5 heteroatoms. The van der Waals surface area contributed by atoms with E-state index in [4.69, 9.17) is 20.9 Å². The Hall–Kier alpha value is -0.650. The van der Waals surface area contributed by atoms with Crippen molar-refractivity contribution in [3.8, 4) is 0 Å². The Morgan fingerprint density at radius 1 is 1.29 bits per heavy atom. The van der Waals surface area contributed by atoms with E-state index in [0.29, 0.717) is 6.42 Å². The van der Waals surface area contributed by atoms with Crippen molar-refractivity contribution in [3.63, 3.8) is 0 Å². The van der Waals surface area contributed by atoms with Crippen molar-refractivity contribution in [1.82, 2.24) is 0 Å². The van der Waals surface area contributed by atoms with Gasteiger partial charge in [-0.05, 0) is 12.8 Å². The second-order valence-corrected chi connectivity index (χ2v) is 6.07. The van der Waals surface area contributed by atoms with Crippen LogP contribution in [0.15, 0.2) is 0 Å². The van der Waals surface area contributed by atoms with Crippen molar-refractivity contribution >= 4 is 5.97 Å². The molecule has 94 valence electrons. The highest BCUT2D eigenvalue weighted by atomic mass is 16.6. The van der Waals surface area contributed by atoms with Gasteiger partial charge in [0.2, 0.25) is 0 Å². The van der Waals surface area contributed by atoms with Crippen LogP contribution in [-0.4, -0.2) is 35.4 Å². The van der Waals surface area contributed by atoms with Crippen molar-refractivity contribution in [3.05, 3.63) is 0 Å². The molecule has 2 aliphatic heterocycles. The number of hydrogen-bond donors (Lipinski definition) is 2. The molecule has 2 saturated heterocycles. The fourth-order valence-electron chi connectivity index (χ4n) is 4.36. The summed E-state index contributed by atoms with van der Waals surface area (Å²) in [6.45, 7) is 0. The molecule has 4 fully saturated rings. The van der Waals surface area contributed by atoms with Gasteiger partial charge >= 0.3 is 5.97 Å². The minimum atomic E-state index is -0.518. The van der Waals surface area contributed by atoms with E-state index < -0.39 is 6.04 Å². The van der Waals surface area contributed by atoms with Crippen LogP contribution in [0.4, 0.5) is 0 Å². The molecule has 0 aromatic carbocycles. The molecule has 4 rings (SSSR count). The van der Waals surface area contributed by atoms with Crippen molar-refractivity contribution in [2.24, 2.45) is 17.4 Å². The molecule has 0 amide bonds. The average molecular weight is 238 g/mol. The summed E-state index contributed by atoms with van der Waals surface area (Å²) in [5, 5.41) is 0. The highest BCUT2D eigenvalue weighted by Gasteiger charge is 2.76. The lowest BCUT2D eigenvalue weighted by Gasteiger charge is -2.45. The first kappa shape index (κ1) is 10.3. The molecular weight excluding hydrogens is 220 g/mol. The zero-order valence-corrected chi connectivity index (χ0v) is 9.72. The van der Waals surface area contributed by atoms with E-state index in [9.17, 15) is 4.79 Å². The van der Waals surface area contributed by atoms with E-state index in [1.54, 1.807) is 0 Å². The molecule has 17 heavy (non-hydrogen) atoms. The predicted octanol–water partition coefficient (Wildman–Crippen LogP) is -0.332. The van der Waals surface area contributed by atoms with E-state index in [1.807, 2.05) is 0 Å². The second kappa shape index (κ2) is 2.84. The third kappa shape index (κ3) is 1.04. The second-order valence-electron chi connectivity index (χ2n) is 6.07. The lowest BCUT2D eigenvalue weighted by atomic mass is 9.61. The summed E-state index contributed by atoms with van der Waals surface area (Å²) in [4.78, 5) is 11.6. The molecule has 6 unspecified atom stereocenters. The molecule has 0 radical (unpaired) electrons. The first-order chi connectivity index (χ1) is 8.07. The number of carbonyl (C=O) groups excluding carboxylic acids is 1. The third-order valence-electron chi connectivity index (χ3n) is 5.30. The van der Waals surface area contributed by atoms with Crippen molar-refractivity contribution in [2.75, 3.05) is 0 Å². The Morgan fingerprint density at radius 2 is 2.06 bits per heavy atom. The summed E-state index contributed by atoms with van der Waals surface area (Å²) in [7, 11) is 0. The van der Waals surface area contributed by atoms with E-state index in [0.717, 1.165) is 25.7 Å². The molecule has 0 aromatic heterocycles. The van der Waals surface area contributed by atoms with E-state index >= 15 is 0 Å². The highest BCUT2D eigenvalue weighted by molar-refractivity contribution is 5.79. The quantitative estimate of drug-likeness (QED) is 0.445. The Balaban J connectivity index is 1.72. The van der Waals surface area contributed by atoms with Crippen LogP contribution in [0.5, 0.6) is 0 Å². The molecule has 2 heterocycles. The SMILES string of the molecule is NC1C(=O)OC2CC3(N)CCCCC34OC4C21. The van der Waals surface area contributed by atoms with E-state index in [-0.39, 0.29) is 35.2 Å². The van der Waals surface area contributed by atoms with Crippen LogP contribution < -0.4 is 11.5 Å². The summed E-state index contributed by atoms with van der Waals surface area (Å²) < 4.78 is 11.3. The fourth-order valence-corrected chi connectivity index (χ4v) is 4.36. The van der Waals surface area contributed by atoms with Crippen LogP contribution in [0.25, 0.3) is 0 Å². The summed E-state index contributed by atoms with van der Waals surface area (Å²) >= 11 is 0. The van der Waals surface area contributed by atoms with Crippen LogP contribution in [0.3, 0.4) is 0 Å². The molecule has 4 N–H and O–H groups in total. The number of epoxide rings is 1. The van der Waals surface area contributed by atoms with Gasteiger partial charge < -0.3 is 20.9 Å². The van der Waals surface area contributed by atoms with Crippen LogP contribution in [0.1, 0.15) is 32.1 Å². The highest BCUT2D eigenvalue weighted by Crippen LogP contribution is 2.62. The number of nitrogens with two attached hydrogens (primary N) is 2. The van der Waals surface area contributed by atoms with Crippen LogP contribution >= 0.6 is 0 Å².